The van der Waals surface area contributed by atoms with Crippen LogP contribution in [0, 0.1) is 0 Å². The molecule has 0 aliphatic carbocycles. The van der Waals surface area contributed by atoms with Crippen molar-refractivity contribution < 1.29 is 14.1 Å². The first-order valence-electron chi connectivity index (χ1n) is 8.12. The number of nitrogens with zero attached hydrogens (tertiary/aromatic N) is 4. The summed E-state index contributed by atoms with van der Waals surface area (Å²) in [6.45, 7) is 3.78. The number of hydrogen-bond donors (Lipinski definition) is 0. The molecule has 134 valence electrons. The maximum absolute atomic E-state index is 12.8. The van der Waals surface area contributed by atoms with Crippen molar-refractivity contribution in [2.45, 2.75) is 25.3 Å². The largest absolute Gasteiger partial charge is 0.497 e. The molecule has 1 saturated heterocycles. The van der Waals surface area contributed by atoms with E-state index in [1.807, 2.05) is 42.3 Å². The van der Waals surface area contributed by atoms with Crippen LogP contribution in [0.4, 0.5) is 5.69 Å². The molecule has 2 heterocycles. The minimum absolute atomic E-state index is 0.0697. The zero-order valence-corrected chi connectivity index (χ0v) is 15.5. The van der Waals surface area contributed by atoms with Crippen LogP contribution in [0.25, 0.3) is 0 Å². The summed E-state index contributed by atoms with van der Waals surface area (Å²) >= 11 is 1.65. The summed E-state index contributed by atoms with van der Waals surface area (Å²) in [5.41, 5.74) is 0.886. The van der Waals surface area contributed by atoms with Gasteiger partial charge >= 0.3 is 0 Å². The Morgan fingerprint density at radius 2 is 2.08 bits per heavy atom. The Labute approximate surface area is 151 Å². The number of anilines is 1. The highest BCUT2D eigenvalue weighted by atomic mass is 32.2. The smallest absolute Gasteiger partial charge is 0.244 e. The molecule has 1 aliphatic heterocycles. The summed E-state index contributed by atoms with van der Waals surface area (Å²) in [6.07, 6.45) is 2.00. The number of benzene rings is 1. The molecule has 0 spiro atoms. The van der Waals surface area contributed by atoms with Crippen LogP contribution in [0.1, 0.15) is 18.6 Å². The average Bonchev–Trinajstić information content (AvgIpc) is 3.07. The molecule has 1 amide bonds. The first kappa shape index (κ1) is 17.8. The van der Waals surface area contributed by atoms with Gasteiger partial charge in [-0.05, 0) is 37.4 Å². The molecule has 0 radical (unpaired) electrons. The van der Waals surface area contributed by atoms with Gasteiger partial charge in [-0.15, -0.1) is 0 Å². The van der Waals surface area contributed by atoms with Gasteiger partial charge in [-0.3, -0.25) is 9.69 Å². The molecule has 0 saturated carbocycles. The lowest BCUT2D eigenvalue weighted by Gasteiger charge is -2.38. The number of ether oxygens (including phenoxy) is 1. The normalized spacial score (nSPS) is 18.6. The van der Waals surface area contributed by atoms with E-state index in [4.69, 9.17) is 9.26 Å². The Bertz CT molecular complexity index is 719. The lowest BCUT2D eigenvalue weighted by atomic mass is 10.1. The maximum Gasteiger partial charge on any atom is 0.244 e. The van der Waals surface area contributed by atoms with Crippen molar-refractivity contribution in [3.8, 4) is 5.75 Å². The van der Waals surface area contributed by atoms with E-state index in [0.29, 0.717) is 24.8 Å². The van der Waals surface area contributed by atoms with Gasteiger partial charge in [0.05, 0.1) is 25.4 Å². The second-order valence-electron chi connectivity index (χ2n) is 5.87. The third-order valence-corrected chi connectivity index (χ3v) is 4.83. The summed E-state index contributed by atoms with van der Waals surface area (Å²) in [6, 6.07) is 7.31. The van der Waals surface area contributed by atoms with Crippen molar-refractivity contribution in [1.82, 2.24) is 15.0 Å². The molecule has 25 heavy (non-hydrogen) atoms. The minimum atomic E-state index is -0.244. The lowest BCUT2D eigenvalue weighted by molar-refractivity contribution is -0.125. The van der Waals surface area contributed by atoms with E-state index in [1.54, 1.807) is 18.9 Å². The SMILES string of the molecule is COc1ccc(N2CCN(Cc3nc(CSC)no3)[C@H](C)C2=O)cc1. The Balaban J connectivity index is 1.65. The van der Waals surface area contributed by atoms with Gasteiger partial charge in [0.15, 0.2) is 5.82 Å². The summed E-state index contributed by atoms with van der Waals surface area (Å²) in [5.74, 6) is 2.82. The predicted octanol–water partition coefficient (Wildman–Crippen LogP) is 2.18. The fourth-order valence-electron chi connectivity index (χ4n) is 2.86. The van der Waals surface area contributed by atoms with Gasteiger partial charge in [-0.2, -0.15) is 16.7 Å². The zero-order valence-electron chi connectivity index (χ0n) is 14.6. The van der Waals surface area contributed by atoms with Gasteiger partial charge < -0.3 is 14.2 Å². The molecule has 0 bridgehead atoms. The van der Waals surface area contributed by atoms with Gasteiger partial charge in [0.25, 0.3) is 0 Å². The van der Waals surface area contributed by atoms with Crippen LogP contribution in [0.5, 0.6) is 5.75 Å². The van der Waals surface area contributed by atoms with Crippen LogP contribution in [-0.4, -0.2) is 53.4 Å². The third-order valence-electron chi connectivity index (χ3n) is 4.29. The number of carbonyl (C=O) groups excluding carboxylic acids is 1. The van der Waals surface area contributed by atoms with Crippen molar-refractivity contribution in [3.63, 3.8) is 0 Å². The Morgan fingerprint density at radius 1 is 1.32 bits per heavy atom. The van der Waals surface area contributed by atoms with Gasteiger partial charge in [-0.1, -0.05) is 5.16 Å². The van der Waals surface area contributed by atoms with Gasteiger partial charge in [0.1, 0.15) is 5.75 Å². The Hall–Kier alpha value is -2.06. The van der Waals surface area contributed by atoms with E-state index in [-0.39, 0.29) is 11.9 Å². The van der Waals surface area contributed by atoms with E-state index in [9.17, 15) is 4.79 Å². The van der Waals surface area contributed by atoms with Crippen LogP contribution in [0.3, 0.4) is 0 Å². The van der Waals surface area contributed by atoms with Crippen molar-refractivity contribution in [2.24, 2.45) is 0 Å². The van der Waals surface area contributed by atoms with E-state index >= 15 is 0 Å². The number of rotatable bonds is 6. The molecule has 1 aromatic heterocycles. The number of piperazine rings is 1. The molecule has 3 rings (SSSR count). The van der Waals surface area contributed by atoms with Crippen molar-refractivity contribution in [3.05, 3.63) is 36.0 Å². The number of carbonyl (C=O) groups is 1. The van der Waals surface area contributed by atoms with Gasteiger partial charge in [0.2, 0.25) is 11.8 Å². The molecule has 1 aliphatic rings. The quantitative estimate of drug-likeness (QED) is 0.780. The number of amides is 1. The van der Waals surface area contributed by atoms with Crippen LogP contribution >= 0.6 is 11.8 Å². The highest BCUT2D eigenvalue weighted by Crippen LogP contribution is 2.24. The monoisotopic (exact) mass is 362 g/mol. The topological polar surface area (TPSA) is 71.7 Å². The standard InChI is InChI=1S/C17H22N4O3S/c1-12-17(22)21(13-4-6-14(23-2)7-5-13)9-8-20(12)10-16-18-15(11-25-3)19-24-16/h4-7,12H,8-11H2,1-3H3/t12-/m1/s1. The van der Waals surface area contributed by atoms with E-state index in [0.717, 1.165) is 23.7 Å². The molecule has 1 aromatic carbocycles. The van der Waals surface area contributed by atoms with Crippen molar-refractivity contribution in [1.29, 1.82) is 0 Å². The predicted molar refractivity (Wildman–Crippen MR) is 96.7 cm³/mol. The fourth-order valence-corrected chi connectivity index (χ4v) is 3.24. The maximum atomic E-state index is 12.8. The highest BCUT2D eigenvalue weighted by molar-refractivity contribution is 7.97. The lowest BCUT2D eigenvalue weighted by Crippen LogP contribution is -2.55. The second-order valence-corrected chi connectivity index (χ2v) is 6.74. The van der Waals surface area contributed by atoms with Crippen LogP contribution in [-0.2, 0) is 17.1 Å². The average molecular weight is 362 g/mol. The molecular formula is C17H22N4O3S. The second kappa shape index (κ2) is 7.88. The number of aromatic nitrogens is 2. The summed E-state index contributed by atoms with van der Waals surface area (Å²) in [5, 5.41) is 3.95. The fraction of sp³-hybridized carbons (Fsp3) is 0.471. The Kier molecular flexibility index (Phi) is 5.60. The van der Waals surface area contributed by atoms with Crippen LogP contribution in [0.2, 0.25) is 0 Å². The van der Waals surface area contributed by atoms with Crippen molar-refractivity contribution >= 4 is 23.4 Å². The molecule has 7 nitrogen and oxygen atoms in total. The zero-order chi connectivity index (χ0) is 17.8. The highest BCUT2D eigenvalue weighted by Gasteiger charge is 2.33. The van der Waals surface area contributed by atoms with Gasteiger partial charge in [0, 0.05) is 18.8 Å². The molecule has 1 atom stereocenters. The van der Waals surface area contributed by atoms with Gasteiger partial charge in [-0.25, -0.2) is 0 Å². The molecule has 2 aromatic rings. The molecular weight excluding hydrogens is 340 g/mol. The summed E-state index contributed by atoms with van der Waals surface area (Å²) < 4.78 is 10.5. The minimum Gasteiger partial charge on any atom is -0.497 e. The van der Waals surface area contributed by atoms with E-state index in [1.165, 1.54) is 0 Å². The van der Waals surface area contributed by atoms with E-state index < -0.39 is 0 Å². The summed E-state index contributed by atoms with van der Waals surface area (Å²) in [7, 11) is 1.63. The number of hydrogen-bond acceptors (Lipinski definition) is 7. The number of thioether (sulfide) groups is 1. The molecule has 1 fully saturated rings. The first-order chi connectivity index (χ1) is 12.1. The number of methoxy groups -OCH3 is 1. The molecule has 8 heteroatoms. The van der Waals surface area contributed by atoms with Crippen LogP contribution < -0.4 is 9.64 Å². The van der Waals surface area contributed by atoms with Crippen molar-refractivity contribution in [2.75, 3.05) is 31.4 Å². The third kappa shape index (κ3) is 3.96. The first-order valence-corrected chi connectivity index (χ1v) is 9.51. The Morgan fingerprint density at radius 3 is 2.76 bits per heavy atom. The molecule has 0 unspecified atom stereocenters. The van der Waals surface area contributed by atoms with E-state index in [2.05, 4.69) is 15.0 Å². The van der Waals surface area contributed by atoms with Crippen LogP contribution in [0.15, 0.2) is 28.8 Å². The molecule has 0 N–H and O–H groups in total. The summed E-state index contributed by atoms with van der Waals surface area (Å²) in [4.78, 5) is 21.0.